The van der Waals surface area contributed by atoms with E-state index in [1.54, 1.807) is 7.11 Å². The lowest BCUT2D eigenvalue weighted by Crippen LogP contribution is -2.55. The second kappa shape index (κ2) is 12.2. The van der Waals surface area contributed by atoms with E-state index in [1.807, 2.05) is 48.5 Å². The van der Waals surface area contributed by atoms with Crippen LogP contribution in [0, 0.1) is 11.8 Å². The van der Waals surface area contributed by atoms with E-state index in [0.717, 1.165) is 29.2 Å². The lowest BCUT2D eigenvalue weighted by molar-refractivity contribution is -0.230. The molecule has 3 unspecified atom stereocenters. The zero-order valence-corrected chi connectivity index (χ0v) is 20.9. The first-order chi connectivity index (χ1) is 17.0. The summed E-state index contributed by atoms with van der Waals surface area (Å²) in [6, 6.07) is 15.1. The molecule has 35 heavy (non-hydrogen) atoms. The van der Waals surface area contributed by atoms with Crippen molar-refractivity contribution in [3.8, 4) is 11.5 Å². The Balaban J connectivity index is 1.47. The van der Waals surface area contributed by atoms with Crippen LogP contribution in [-0.2, 0) is 11.2 Å². The van der Waals surface area contributed by atoms with Crippen LogP contribution in [0.1, 0.15) is 62.7 Å². The molecule has 2 aromatic carbocycles. The topological polar surface area (TPSA) is 88.4 Å². The molecule has 1 heterocycles. The Morgan fingerprint density at radius 2 is 1.60 bits per heavy atom. The van der Waals surface area contributed by atoms with Crippen LogP contribution in [0.15, 0.2) is 48.5 Å². The van der Waals surface area contributed by atoms with Gasteiger partial charge in [0.2, 0.25) is 0 Å². The molecule has 1 saturated carbocycles. The Hall–Kier alpha value is -2.12. The summed E-state index contributed by atoms with van der Waals surface area (Å²) in [5, 5.41) is 31.9. The van der Waals surface area contributed by atoms with E-state index < -0.39 is 30.5 Å². The van der Waals surface area contributed by atoms with Crippen molar-refractivity contribution in [1.82, 2.24) is 0 Å². The molecule has 0 bridgehead atoms. The van der Waals surface area contributed by atoms with Crippen LogP contribution in [-0.4, -0.2) is 53.5 Å². The van der Waals surface area contributed by atoms with Crippen molar-refractivity contribution in [3.05, 3.63) is 59.7 Å². The number of benzene rings is 2. The number of aliphatic hydroxyl groups excluding tert-OH is 3. The molecule has 5 atom stereocenters. The van der Waals surface area contributed by atoms with Crippen molar-refractivity contribution in [2.45, 2.75) is 82.4 Å². The standard InChI is InChI=1S/C29H40O6/c1-3-7-19-10-12-20(13-11-19)16-22-17-21(14-15-24(22)33-2)29-28(32)27(31)26(30)25(35-29)18-34-23-8-5-4-6-9-23/h4-6,8-9,14-15,17,19-20,25-32H,3,7,10-13,16,18H2,1-2H3/t19?,20?,25?,26-,27?,28?,29+/m1/s1. The Morgan fingerprint density at radius 1 is 0.886 bits per heavy atom. The van der Waals surface area contributed by atoms with Crippen molar-refractivity contribution in [2.75, 3.05) is 13.7 Å². The first kappa shape index (κ1) is 26.0. The van der Waals surface area contributed by atoms with E-state index >= 15 is 0 Å². The molecule has 0 amide bonds. The van der Waals surface area contributed by atoms with Crippen LogP contribution >= 0.6 is 0 Å². The summed E-state index contributed by atoms with van der Waals surface area (Å²) < 4.78 is 17.5. The van der Waals surface area contributed by atoms with E-state index in [4.69, 9.17) is 14.2 Å². The molecule has 2 aromatic rings. The number of hydrogen-bond acceptors (Lipinski definition) is 6. The normalized spacial score (nSPS) is 31.2. The molecule has 192 valence electrons. The number of aliphatic hydroxyl groups is 3. The number of methoxy groups -OCH3 is 1. The smallest absolute Gasteiger partial charge is 0.122 e. The highest BCUT2D eigenvalue weighted by molar-refractivity contribution is 5.39. The monoisotopic (exact) mass is 484 g/mol. The summed E-state index contributed by atoms with van der Waals surface area (Å²) in [4.78, 5) is 0. The molecule has 0 radical (unpaired) electrons. The highest BCUT2D eigenvalue weighted by Gasteiger charge is 2.44. The first-order valence-electron chi connectivity index (χ1n) is 13.0. The molecule has 2 fully saturated rings. The highest BCUT2D eigenvalue weighted by Crippen LogP contribution is 2.38. The van der Waals surface area contributed by atoms with Gasteiger partial charge >= 0.3 is 0 Å². The average Bonchev–Trinajstić information content (AvgIpc) is 2.89. The number of hydrogen-bond donors (Lipinski definition) is 3. The van der Waals surface area contributed by atoms with Crippen molar-refractivity contribution >= 4 is 0 Å². The van der Waals surface area contributed by atoms with Gasteiger partial charge in [-0.2, -0.15) is 0 Å². The van der Waals surface area contributed by atoms with Crippen molar-refractivity contribution in [1.29, 1.82) is 0 Å². The largest absolute Gasteiger partial charge is 0.496 e. The summed E-state index contributed by atoms with van der Waals surface area (Å²) in [7, 11) is 1.68. The minimum absolute atomic E-state index is 0.0650. The zero-order valence-electron chi connectivity index (χ0n) is 20.9. The van der Waals surface area contributed by atoms with Gasteiger partial charge in [0.25, 0.3) is 0 Å². The second-order valence-electron chi connectivity index (χ2n) is 10.1. The van der Waals surface area contributed by atoms with Crippen LogP contribution in [0.3, 0.4) is 0 Å². The van der Waals surface area contributed by atoms with Crippen LogP contribution in [0.2, 0.25) is 0 Å². The van der Waals surface area contributed by atoms with Crippen LogP contribution in [0.5, 0.6) is 11.5 Å². The maximum absolute atomic E-state index is 10.8. The van der Waals surface area contributed by atoms with Gasteiger partial charge in [-0.05, 0) is 66.5 Å². The van der Waals surface area contributed by atoms with Crippen molar-refractivity contribution < 1.29 is 29.5 Å². The highest BCUT2D eigenvalue weighted by atomic mass is 16.6. The van der Waals surface area contributed by atoms with Gasteiger partial charge in [-0.1, -0.05) is 56.9 Å². The number of rotatable bonds is 9. The zero-order chi connectivity index (χ0) is 24.8. The molecule has 2 aliphatic rings. The Morgan fingerprint density at radius 3 is 2.29 bits per heavy atom. The lowest BCUT2D eigenvalue weighted by Gasteiger charge is -2.41. The quantitative estimate of drug-likeness (QED) is 0.488. The summed E-state index contributed by atoms with van der Waals surface area (Å²) in [5.41, 5.74) is 1.86. The van der Waals surface area contributed by atoms with Crippen LogP contribution in [0.4, 0.5) is 0 Å². The molecule has 1 saturated heterocycles. The SMILES string of the molecule is CCCC1CCC(Cc2cc([C@@H]3OC(COc4ccccc4)[C@@H](O)C(O)C3O)ccc2OC)CC1. The van der Waals surface area contributed by atoms with Crippen LogP contribution in [0.25, 0.3) is 0 Å². The lowest BCUT2D eigenvalue weighted by atomic mass is 9.77. The molecule has 0 aromatic heterocycles. The van der Waals surface area contributed by atoms with E-state index in [-0.39, 0.29) is 6.61 Å². The van der Waals surface area contributed by atoms with Gasteiger partial charge in [-0.15, -0.1) is 0 Å². The van der Waals surface area contributed by atoms with E-state index in [9.17, 15) is 15.3 Å². The Kier molecular flexibility index (Phi) is 9.06. The third-order valence-electron chi connectivity index (χ3n) is 7.67. The van der Waals surface area contributed by atoms with Gasteiger partial charge in [0.15, 0.2) is 0 Å². The average molecular weight is 485 g/mol. The summed E-state index contributed by atoms with van der Waals surface area (Å²) in [6.45, 7) is 2.33. The van der Waals surface area contributed by atoms with E-state index in [0.29, 0.717) is 11.7 Å². The molecular weight excluding hydrogens is 444 g/mol. The fraction of sp³-hybridized carbons (Fsp3) is 0.586. The molecule has 6 heteroatoms. The number of para-hydroxylation sites is 1. The summed E-state index contributed by atoms with van der Waals surface area (Å²) in [6.07, 6.45) is 3.15. The molecule has 1 aliphatic carbocycles. The van der Waals surface area contributed by atoms with Gasteiger partial charge in [0, 0.05) is 0 Å². The van der Waals surface area contributed by atoms with E-state index in [2.05, 4.69) is 6.92 Å². The second-order valence-corrected chi connectivity index (χ2v) is 10.1. The Bertz CT molecular complexity index is 911. The minimum Gasteiger partial charge on any atom is -0.496 e. The molecule has 3 N–H and O–H groups in total. The molecule has 6 nitrogen and oxygen atoms in total. The molecule has 1 aliphatic heterocycles. The third kappa shape index (κ3) is 6.36. The first-order valence-corrected chi connectivity index (χ1v) is 13.0. The predicted octanol–water partition coefficient (Wildman–Crippen LogP) is 4.45. The van der Waals surface area contributed by atoms with Gasteiger partial charge in [-0.3, -0.25) is 0 Å². The fourth-order valence-electron chi connectivity index (χ4n) is 5.64. The van der Waals surface area contributed by atoms with Gasteiger partial charge < -0.3 is 29.5 Å². The summed E-state index contributed by atoms with van der Waals surface area (Å²) in [5.74, 6) is 2.96. The minimum atomic E-state index is -1.34. The molecular formula is C29H40O6. The van der Waals surface area contributed by atoms with Crippen molar-refractivity contribution in [2.24, 2.45) is 11.8 Å². The van der Waals surface area contributed by atoms with Crippen molar-refractivity contribution in [3.63, 3.8) is 0 Å². The molecule has 0 spiro atoms. The van der Waals surface area contributed by atoms with Gasteiger partial charge in [0.1, 0.15) is 48.6 Å². The number of ether oxygens (including phenoxy) is 3. The van der Waals surface area contributed by atoms with Gasteiger partial charge in [-0.25, -0.2) is 0 Å². The maximum Gasteiger partial charge on any atom is 0.122 e. The Labute approximate surface area is 208 Å². The maximum atomic E-state index is 10.8. The molecule has 4 rings (SSSR count). The van der Waals surface area contributed by atoms with E-state index in [1.165, 1.54) is 38.5 Å². The third-order valence-corrected chi connectivity index (χ3v) is 7.67. The fourth-order valence-corrected chi connectivity index (χ4v) is 5.64. The summed E-state index contributed by atoms with van der Waals surface area (Å²) >= 11 is 0. The predicted molar refractivity (Wildman–Crippen MR) is 135 cm³/mol. The van der Waals surface area contributed by atoms with Crippen LogP contribution < -0.4 is 9.47 Å². The van der Waals surface area contributed by atoms with Gasteiger partial charge in [0.05, 0.1) is 7.11 Å².